The molecule has 0 spiro atoms. The minimum atomic E-state index is -0.547. The molecule has 28 heavy (non-hydrogen) atoms. The molecule has 2 aromatic heterocycles. The lowest BCUT2D eigenvalue weighted by molar-refractivity contribution is -0.132. The molecular weight excluding hydrogens is 350 g/mol. The molecule has 0 bridgehead atoms. The highest BCUT2D eigenvalue weighted by Gasteiger charge is 2.16. The van der Waals surface area contributed by atoms with Crippen LogP contribution in [0.3, 0.4) is 0 Å². The van der Waals surface area contributed by atoms with Crippen LogP contribution < -0.4 is 0 Å². The molecule has 0 radical (unpaired) electrons. The normalized spacial score (nSPS) is 11.8. The summed E-state index contributed by atoms with van der Waals surface area (Å²) in [5.41, 5.74) is 2.57. The van der Waals surface area contributed by atoms with E-state index in [2.05, 4.69) is 9.97 Å². The molecule has 3 rings (SSSR count). The van der Waals surface area contributed by atoms with Crippen molar-refractivity contribution in [3.05, 3.63) is 96.1 Å². The average Bonchev–Trinajstić information content (AvgIpc) is 2.75. The van der Waals surface area contributed by atoms with Crippen molar-refractivity contribution >= 4 is 5.91 Å². The molecule has 0 saturated heterocycles. The van der Waals surface area contributed by atoms with E-state index in [1.807, 2.05) is 66.7 Å². The Bertz CT molecular complexity index is 800. The molecule has 5 nitrogen and oxygen atoms in total. The highest BCUT2D eigenvalue weighted by atomic mass is 16.3. The summed E-state index contributed by atoms with van der Waals surface area (Å²) < 4.78 is 0. The van der Waals surface area contributed by atoms with Gasteiger partial charge in [0.25, 0.3) is 0 Å². The molecule has 0 saturated carbocycles. The summed E-state index contributed by atoms with van der Waals surface area (Å²) in [6.45, 7) is 0.884. The number of carbonyl (C=O) groups excluding carboxylic acids is 1. The van der Waals surface area contributed by atoms with Crippen molar-refractivity contribution in [2.75, 3.05) is 0 Å². The number of pyridine rings is 2. The van der Waals surface area contributed by atoms with Crippen LogP contribution in [0, 0.1) is 0 Å². The molecule has 0 aliphatic carbocycles. The number of amides is 1. The summed E-state index contributed by atoms with van der Waals surface area (Å²) in [5.74, 6) is 0.0385. The van der Waals surface area contributed by atoms with Crippen molar-refractivity contribution in [2.45, 2.75) is 38.5 Å². The number of rotatable bonds is 9. The Morgan fingerprint density at radius 2 is 1.43 bits per heavy atom. The Morgan fingerprint density at radius 1 is 0.857 bits per heavy atom. The van der Waals surface area contributed by atoms with E-state index in [1.54, 1.807) is 17.3 Å². The minimum Gasteiger partial charge on any atom is -0.388 e. The molecule has 3 aromatic rings. The fourth-order valence-electron chi connectivity index (χ4n) is 3.05. The van der Waals surface area contributed by atoms with Gasteiger partial charge < -0.3 is 10.0 Å². The maximum absolute atomic E-state index is 12.9. The van der Waals surface area contributed by atoms with E-state index in [-0.39, 0.29) is 5.91 Å². The molecule has 1 amide bonds. The Labute approximate surface area is 165 Å². The predicted molar refractivity (Wildman–Crippen MR) is 108 cm³/mol. The summed E-state index contributed by atoms with van der Waals surface area (Å²) >= 11 is 0. The fourth-order valence-corrected chi connectivity index (χ4v) is 3.05. The van der Waals surface area contributed by atoms with Crippen LogP contribution in [0.2, 0.25) is 0 Å². The number of aromatic nitrogens is 2. The van der Waals surface area contributed by atoms with Gasteiger partial charge in [0.15, 0.2) is 0 Å². The first-order chi connectivity index (χ1) is 13.7. The monoisotopic (exact) mass is 375 g/mol. The third-order valence-electron chi connectivity index (χ3n) is 4.56. The van der Waals surface area contributed by atoms with Crippen LogP contribution in [-0.4, -0.2) is 25.9 Å². The maximum atomic E-state index is 12.9. The zero-order valence-electron chi connectivity index (χ0n) is 15.8. The molecule has 1 atom stereocenters. The van der Waals surface area contributed by atoms with Crippen molar-refractivity contribution in [1.82, 2.24) is 14.9 Å². The van der Waals surface area contributed by atoms with Crippen molar-refractivity contribution < 1.29 is 9.90 Å². The maximum Gasteiger partial charge on any atom is 0.223 e. The fraction of sp³-hybridized carbons (Fsp3) is 0.261. The molecule has 0 aliphatic heterocycles. The van der Waals surface area contributed by atoms with Crippen LogP contribution >= 0.6 is 0 Å². The quantitative estimate of drug-likeness (QED) is 0.616. The summed E-state index contributed by atoms with van der Waals surface area (Å²) in [5, 5.41) is 10.3. The number of benzene rings is 1. The summed E-state index contributed by atoms with van der Waals surface area (Å²) in [7, 11) is 0. The zero-order chi connectivity index (χ0) is 19.6. The SMILES string of the molecule is O=C(CCCC(O)c1ccccc1)N(Cc1ccccn1)Cc1ccccn1. The highest BCUT2D eigenvalue weighted by Crippen LogP contribution is 2.19. The molecule has 1 aromatic carbocycles. The summed E-state index contributed by atoms with van der Waals surface area (Å²) in [6, 6.07) is 20.9. The zero-order valence-corrected chi connectivity index (χ0v) is 15.8. The summed E-state index contributed by atoms with van der Waals surface area (Å²) in [6.07, 6.45) is 4.47. The van der Waals surface area contributed by atoms with Gasteiger partial charge in [0.2, 0.25) is 5.91 Å². The van der Waals surface area contributed by atoms with Crippen LogP contribution in [-0.2, 0) is 17.9 Å². The van der Waals surface area contributed by atoms with Crippen LogP contribution in [0.15, 0.2) is 79.1 Å². The van der Waals surface area contributed by atoms with Crippen LogP contribution in [0.5, 0.6) is 0 Å². The van der Waals surface area contributed by atoms with Crippen molar-refractivity contribution in [1.29, 1.82) is 0 Å². The van der Waals surface area contributed by atoms with Crippen LogP contribution in [0.4, 0.5) is 0 Å². The number of aliphatic hydroxyl groups excluding tert-OH is 1. The van der Waals surface area contributed by atoms with Gasteiger partial charge in [-0.1, -0.05) is 42.5 Å². The molecule has 0 fully saturated rings. The Kier molecular flexibility index (Phi) is 7.27. The number of hydrogen-bond acceptors (Lipinski definition) is 4. The molecule has 1 N–H and O–H groups in total. The van der Waals surface area contributed by atoms with Gasteiger partial charge >= 0.3 is 0 Å². The van der Waals surface area contributed by atoms with E-state index >= 15 is 0 Å². The van der Waals surface area contributed by atoms with Crippen molar-refractivity contribution in [2.24, 2.45) is 0 Å². The molecule has 5 heteroatoms. The molecule has 144 valence electrons. The number of nitrogens with zero attached hydrogens (tertiary/aromatic N) is 3. The Balaban J connectivity index is 1.59. The predicted octanol–water partition coefficient (Wildman–Crippen LogP) is 3.91. The van der Waals surface area contributed by atoms with E-state index < -0.39 is 6.10 Å². The van der Waals surface area contributed by atoms with E-state index in [9.17, 15) is 9.90 Å². The van der Waals surface area contributed by atoms with Gasteiger partial charge in [0.05, 0.1) is 30.6 Å². The number of carbonyl (C=O) groups is 1. The molecular formula is C23H25N3O2. The van der Waals surface area contributed by atoms with Crippen molar-refractivity contribution in [3.8, 4) is 0 Å². The van der Waals surface area contributed by atoms with Gasteiger partial charge in [-0.05, 0) is 42.7 Å². The van der Waals surface area contributed by atoms with E-state index in [4.69, 9.17) is 0 Å². The van der Waals surface area contributed by atoms with Gasteiger partial charge in [-0.2, -0.15) is 0 Å². The second kappa shape index (κ2) is 10.3. The molecule has 2 heterocycles. The third-order valence-corrected chi connectivity index (χ3v) is 4.56. The van der Waals surface area contributed by atoms with Gasteiger partial charge in [0.1, 0.15) is 0 Å². The van der Waals surface area contributed by atoms with Gasteiger partial charge in [-0.15, -0.1) is 0 Å². The standard InChI is InChI=1S/C23H25N3O2/c27-22(19-9-2-1-3-10-19)13-8-14-23(28)26(17-20-11-4-6-15-24-20)18-21-12-5-7-16-25-21/h1-7,9-12,15-16,22,27H,8,13-14,17-18H2. The lowest BCUT2D eigenvalue weighted by atomic mass is 10.0. The first kappa shape index (κ1) is 19.7. The van der Waals surface area contributed by atoms with Gasteiger partial charge in [0, 0.05) is 18.8 Å². The minimum absolute atomic E-state index is 0.0385. The topological polar surface area (TPSA) is 66.3 Å². The molecule has 0 aliphatic rings. The first-order valence-corrected chi connectivity index (χ1v) is 9.53. The summed E-state index contributed by atoms with van der Waals surface area (Å²) in [4.78, 5) is 23.3. The van der Waals surface area contributed by atoms with E-state index in [1.165, 1.54) is 0 Å². The Hall–Kier alpha value is -3.05. The smallest absolute Gasteiger partial charge is 0.223 e. The second-order valence-corrected chi connectivity index (χ2v) is 6.71. The lowest BCUT2D eigenvalue weighted by Crippen LogP contribution is -2.30. The molecule has 1 unspecified atom stereocenters. The number of hydrogen-bond donors (Lipinski definition) is 1. The van der Waals surface area contributed by atoms with E-state index in [0.29, 0.717) is 32.4 Å². The van der Waals surface area contributed by atoms with Crippen molar-refractivity contribution in [3.63, 3.8) is 0 Å². The van der Waals surface area contributed by atoms with Gasteiger partial charge in [-0.25, -0.2) is 0 Å². The highest BCUT2D eigenvalue weighted by molar-refractivity contribution is 5.76. The average molecular weight is 375 g/mol. The third kappa shape index (κ3) is 5.99. The van der Waals surface area contributed by atoms with Crippen LogP contribution in [0.1, 0.15) is 42.3 Å². The van der Waals surface area contributed by atoms with E-state index in [0.717, 1.165) is 17.0 Å². The lowest BCUT2D eigenvalue weighted by Gasteiger charge is -2.22. The number of aliphatic hydroxyl groups is 1. The Morgan fingerprint density at radius 3 is 1.96 bits per heavy atom. The largest absolute Gasteiger partial charge is 0.388 e. The van der Waals surface area contributed by atoms with Crippen LogP contribution in [0.25, 0.3) is 0 Å². The first-order valence-electron chi connectivity index (χ1n) is 9.53. The van der Waals surface area contributed by atoms with Gasteiger partial charge in [-0.3, -0.25) is 14.8 Å². The second-order valence-electron chi connectivity index (χ2n) is 6.71.